The Labute approximate surface area is 323 Å². The molecule has 0 fully saturated rings. The van der Waals surface area contributed by atoms with Gasteiger partial charge >= 0.3 is 12.4 Å². The van der Waals surface area contributed by atoms with Crippen LogP contribution in [0, 0.1) is 60.8 Å². The van der Waals surface area contributed by atoms with E-state index in [1.54, 1.807) is 0 Å². The molecule has 0 N–H and O–H groups in total. The van der Waals surface area contributed by atoms with Crippen LogP contribution in [0.15, 0.2) is 97.1 Å². The van der Waals surface area contributed by atoms with Crippen molar-refractivity contribution in [3.8, 4) is 0 Å². The maximum absolute atomic E-state index is 11.6. The maximum Gasteiger partial charge on any atom is 0.402 e. The van der Waals surface area contributed by atoms with Crippen molar-refractivity contribution in [3.05, 3.63) is 142 Å². The molecule has 0 heterocycles. The molecule has 0 aliphatic rings. The van der Waals surface area contributed by atoms with Gasteiger partial charge in [-0.25, -0.2) is 0 Å². The highest BCUT2D eigenvalue weighted by atomic mass is 19.4. The minimum absolute atomic E-state index is 0.104. The van der Waals surface area contributed by atoms with Gasteiger partial charge in [-0.05, 0) is 114 Å². The highest BCUT2D eigenvalue weighted by Gasteiger charge is 2.64. The van der Waals surface area contributed by atoms with E-state index >= 15 is 0 Å². The van der Waals surface area contributed by atoms with Gasteiger partial charge in [0.25, 0.3) is 0 Å². The van der Waals surface area contributed by atoms with E-state index in [4.69, 9.17) is 0 Å². The molecule has 4 rings (SSSR count). The molecule has 0 radical (unpaired) electrons. The lowest BCUT2D eigenvalue weighted by molar-refractivity contribution is -0.327. The first-order valence-electron chi connectivity index (χ1n) is 18.9. The van der Waals surface area contributed by atoms with Gasteiger partial charge in [0.1, 0.15) is 0 Å². The monoisotopic (exact) mass is 755 g/mol. The molecule has 6 heteroatoms. The van der Waals surface area contributed by atoms with Gasteiger partial charge in [-0.2, -0.15) is 26.3 Å². The smallest absolute Gasteiger partial charge is 0.170 e. The minimum Gasteiger partial charge on any atom is -0.170 e. The van der Waals surface area contributed by atoms with Gasteiger partial charge < -0.3 is 0 Å². The van der Waals surface area contributed by atoms with Gasteiger partial charge in [-0.3, -0.25) is 0 Å². The quantitative estimate of drug-likeness (QED) is 0.157. The first-order chi connectivity index (χ1) is 24.7. The Bertz CT molecular complexity index is 1080. The summed E-state index contributed by atoms with van der Waals surface area (Å²) in [5.74, 6) is 0. The zero-order valence-corrected chi connectivity index (χ0v) is 37.0. The fourth-order valence-electron chi connectivity index (χ4n) is 2.81. The van der Waals surface area contributed by atoms with E-state index in [9.17, 15) is 26.3 Å². The molecule has 4 aromatic rings. The van der Waals surface area contributed by atoms with E-state index in [1.165, 1.54) is 44.5 Å². The molecular weight excluding hydrogens is 679 g/mol. The topological polar surface area (TPSA) is 0 Å². The Morgan fingerprint density at radius 2 is 0.358 bits per heavy atom. The molecule has 0 saturated heterocycles. The Kier molecular flexibility index (Phi) is 42.7. The highest BCUT2D eigenvalue weighted by molar-refractivity contribution is 5.25. The fourth-order valence-corrected chi connectivity index (χ4v) is 2.81. The summed E-state index contributed by atoms with van der Waals surface area (Å²) in [6.07, 6.45) is -10.5. The average Bonchev–Trinajstić information content (AvgIpc) is 3.14. The third-order valence-electron chi connectivity index (χ3n) is 7.12. The maximum atomic E-state index is 11.6. The second-order valence-corrected chi connectivity index (χ2v) is 11.0. The first-order valence-corrected chi connectivity index (χ1v) is 18.9. The van der Waals surface area contributed by atoms with Crippen molar-refractivity contribution >= 4 is 0 Å². The third kappa shape index (κ3) is 30.6. The van der Waals surface area contributed by atoms with Crippen LogP contribution in [-0.2, 0) is 0 Å². The van der Waals surface area contributed by atoms with Gasteiger partial charge in [-0.1, -0.05) is 166 Å². The number of alkyl halides is 6. The minimum atomic E-state index is -5.24. The van der Waals surface area contributed by atoms with E-state index < -0.39 is 17.8 Å². The summed E-state index contributed by atoms with van der Waals surface area (Å²) in [6, 6.07) is 33.4. The molecule has 0 saturated carbocycles. The van der Waals surface area contributed by atoms with Crippen molar-refractivity contribution in [1.82, 2.24) is 0 Å². The summed E-state index contributed by atoms with van der Waals surface area (Å²) in [5, 5.41) is 0. The van der Waals surface area contributed by atoms with E-state index in [0.717, 1.165) is 0 Å². The van der Waals surface area contributed by atoms with Crippen molar-refractivity contribution in [1.29, 1.82) is 0 Å². The van der Waals surface area contributed by atoms with Crippen molar-refractivity contribution in [3.63, 3.8) is 0 Å². The lowest BCUT2D eigenvalue weighted by atomic mass is 9.92. The van der Waals surface area contributed by atoms with Crippen LogP contribution in [0.25, 0.3) is 0 Å². The van der Waals surface area contributed by atoms with Gasteiger partial charge in [0.05, 0.1) is 0 Å². The van der Waals surface area contributed by atoms with Gasteiger partial charge in [0.2, 0.25) is 0 Å². The largest absolute Gasteiger partial charge is 0.402 e. The molecule has 0 bridgehead atoms. The average molecular weight is 755 g/mol. The fraction of sp³-hybridized carbons (Fsp3) is 0.489. The number of aryl methyl sites for hydroxylation is 8. The number of benzene rings is 4. The molecule has 4 aromatic carbocycles. The lowest BCUT2D eigenvalue weighted by Crippen LogP contribution is -2.44. The molecule has 0 aromatic heterocycles. The van der Waals surface area contributed by atoms with Crippen LogP contribution < -0.4 is 0 Å². The van der Waals surface area contributed by atoms with E-state index in [1.807, 2.05) is 69.2 Å². The Balaban J connectivity index is -0.000000123. The van der Waals surface area contributed by atoms with Crippen LogP contribution in [0.1, 0.15) is 128 Å². The van der Waals surface area contributed by atoms with Gasteiger partial charge in [-0.15, -0.1) is 0 Å². The standard InChI is InChI=1S/4C8H10.C5H6F6.5C2H6/c4*1-7-5-3-4-6-8(7)2;1-3(2,4(6,7)8)5(9,10)11;5*1-2/h4*3-6H,1-2H3;1-2H3;5*1-2H3. The zero-order valence-electron chi connectivity index (χ0n) is 37.0. The molecular formula is C47H76F6. The molecule has 53 heavy (non-hydrogen) atoms. The molecule has 0 aliphatic heterocycles. The van der Waals surface area contributed by atoms with Gasteiger partial charge in [0, 0.05) is 0 Å². The first kappa shape index (κ1) is 61.5. The second-order valence-electron chi connectivity index (χ2n) is 11.0. The number of halogens is 6. The molecule has 0 atom stereocenters. The second kappa shape index (κ2) is 36.8. The van der Waals surface area contributed by atoms with Crippen molar-refractivity contribution in [2.24, 2.45) is 5.41 Å². The predicted octanol–water partition coefficient (Wildman–Crippen LogP) is 17.5. The van der Waals surface area contributed by atoms with Crippen LogP contribution >= 0.6 is 0 Å². The van der Waals surface area contributed by atoms with Crippen molar-refractivity contribution < 1.29 is 26.3 Å². The summed E-state index contributed by atoms with van der Waals surface area (Å²) in [7, 11) is 0. The number of rotatable bonds is 0. The van der Waals surface area contributed by atoms with E-state index in [-0.39, 0.29) is 13.8 Å². The van der Waals surface area contributed by atoms with Crippen LogP contribution in [0.3, 0.4) is 0 Å². The Morgan fingerprint density at radius 3 is 0.396 bits per heavy atom. The van der Waals surface area contributed by atoms with Crippen LogP contribution in [-0.4, -0.2) is 12.4 Å². The molecule has 0 spiro atoms. The predicted molar refractivity (Wildman–Crippen MR) is 226 cm³/mol. The molecule has 306 valence electrons. The Morgan fingerprint density at radius 1 is 0.264 bits per heavy atom. The number of hydrogen-bond acceptors (Lipinski definition) is 0. The van der Waals surface area contributed by atoms with Crippen molar-refractivity contribution in [2.45, 2.75) is 151 Å². The normalized spacial score (nSPS) is 9.32. The molecule has 0 amide bonds. The summed E-state index contributed by atoms with van der Waals surface area (Å²) >= 11 is 0. The van der Waals surface area contributed by atoms with Crippen molar-refractivity contribution in [2.75, 3.05) is 0 Å². The lowest BCUT2D eigenvalue weighted by Gasteiger charge is -2.29. The van der Waals surface area contributed by atoms with Crippen LogP contribution in [0.5, 0.6) is 0 Å². The summed E-state index contributed by atoms with van der Waals surface area (Å²) < 4.78 is 69.7. The van der Waals surface area contributed by atoms with Crippen LogP contribution in [0.2, 0.25) is 0 Å². The zero-order chi connectivity index (χ0) is 43.4. The molecule has 0 aliphatic carbocycles. The number of hydrogen-bond donors (Lipinski definition) is 0. The Hall–Kier alpha value is -3.54. The SMILES string of the molecule is CC.CC.CC.CC.CC.CC(C)(C(F)(F)F)C(F)(F)F.Cc1ccccc1C.Cc1ccccc1C.Cc1ccccc1C.Cc1ccccc1C. The van der Waals surface area contributed by atoms with E-state index in [0.29, 0.717) is 0 Å². The van der Waals surface area contributed by atoms with Crippen LogP contribution in [0.4, 0.5) is 26.3 Å². The summed E-state index contributed by atoms with van der Waals surface area (Å²) in [5.41, 5.74) is 7.32. The van der Waals surface area contributed by atoms with Gasteiger partial charge in [0.15, 0.2) is 5.41 Å². The molecule has 0 unspecified atom stereocenters. The highest BCUT2D eigenvalue weighted by Crippen LogP contribution is 2.49. The van der Waals surface area contributed by atoms with E-state index in [2.05, 4.69) is 152 Å². The molecule has 0 nitrogen and oxygen atoms in total. The summed E-state index contributed by atoms with van der Waals surface area (Å²) in [4.78, 5) is 0. The summed E-state index contributed by atoms with van der Waals surface area (Å²) in [6.45, 7) is 37.2. The third-order valence-corrected chi connectivity index (χ3v) is 7.12.